The van der Waals surface area contributed by atoms with Crippen molar-refractivity contribution in [1.29, 1.82) is 0 Å². The summed E-state index contributed by atoms with van der Waals surface area (Å²) in [6, 6.07) is 80.8. The molecule has 0 amide bonds. The van der Waals surface area contributed by atoms with Gasteiger partial charge in [-0.1, -0.05) is 196 Å². The van der Waals surface area contributed by atoms with E-state index in [1.54, 1.807) is 0 Å². The van der Waals surface area contributed by atoms with Crippen LogP contribution < -0.4 is 0 Å². The molecule has 11 aromatic carbocycles. The van der Waals surface area contributed by atoms with Gasteiger partial charge in [0, 0.05) is 57.4 Å². The Morgan fingerprint density at radius 2 is 0.741 bits per heavy atom. The van der Waals surface area contributed by atoms with Crippen LogP contribution in [0.1, 0.15) is 55.6 Å². The molecule has 0 spiro atoms. The highest BCUT2D eigenvalue weighted by molar-refractivity contribution is 6.09. The second-order valence-corrected chi connectivity index (χ2v) is 22.9. The van der Waals surface area contributed by atoms with E-state index in [2.05, 4.69) is 297 Å². The number of aryl methyl sites for hydroxylation is 12. The van der Waals surface area contributed by atoms with Crippen LogP contribution in [-0.2, 0) is 14.1 Å². The number of furan rings is 2. The third kappa shape index (κ3) is 12.3. The number of fused-ring (bicyclic) bond motifs is 14. The normalized spacial score (nSPS) is 11.1. The lowest BCUT2D eigenvalue weighted by molar-refractivity contribution is 0.665. The Kier molecular flexibility index (Phi) is 16.4. The lowest BCUT2D eigenvalue weighted by Crippen LogP contribution is -1.87. The van der Waals surface area contributed by atoms with E-state index in [0.29, 0.717) is 0 Å². The maximum absolute atomic E-state index is 5.84. The maximum Gasteiger partial charge on any atom is 0.215 e. The van der Waals surface area contributed by atoms with Crippen molar-refractivity contribution in [2.75, 3.05) is 0 Å². The molecule has 0 bridgehead atoms. The number of benzene rings is 11. The molecular weight excluding hydrogens is 1040 g/mol. The second-order valence-electron chi connectivity index (χ2n) is 22.9. The summed E-state index contributed by atoms with van der Waals surface area (Å²) in [7, 11) is 4.19. The molecule has 0 atom stereocenters. The van der Waals surface area contributed by atoms with Crippen molar-refractivity contribution in [2.24, 2.45) is 14.1 Å². The minimum absolute atomic E-state index is 0.973. The van der Waals surface area contributed by atoms with Crippen LogP contribution >= 0.6 is 0 Å². The van der Waals surface area contributed by atoms with Crippen LogP contribution in [0.5, 0.6) is 0 Å². The highest BCUT2D eigenvalue weighted by Gasteiger charge is 2.14. The van der Waals surface area contributed by atoms with Crippen molar-refractivity contribution in [3.8, 4) is 11.1 Å². The lowest BCUT2D eigenvalue weighted by Gasteiger charge is -2.04. The van der Waals surface area contributed by atoms with Crippen molar-refractivity contribution in [1.82, 2.24) is 18.5 Å². The maximum atomic E-state index is 5.84. The van der Waals surface area contributed by atoms with Gasteiger partial charge >= 0.3 is 0 Å². The van der Waals surface area contributed by atoms with Gasteiger partial charge in [0.1, 0.15) is 22.3 Å². The fourth-order valence-electron chi connectivity index (χ4n) is 11.6. The van der Waals surface area contributed by atoms with E-state index < -0.39 is 0 Å². The van der Waals surface area contributed by atoms with E-state index in [1.165, 1.54) is 127 Å². The van der Waals surface area contributed by atoms with E-state index in [0.717, 1.165) is 33.6 Å². The van der Waals surface area contributed by atoms with Gasteiger partial charge in [-0.15, -0.1) is 0 Å². The number of imidazole rings is 2. The predicted molar refractivity (Wildman–Crippen MR) is 363 cm³/mol. The van der Waals surface area contributed by atoms with Crippen LogP contribution in [0.3, 0.4) is 0 Å². The third-order valence-corrected chi connectivity index (χ3v) is 15.8. The molecule has 0 radical (unpaired) electrons. The Bertz CT molecular complexity index is 4920. The molecule has 0 aliphatic carbocycles. The summed E-state index contributed by atoms with van der Waals surface area (Å²) in [6.07, 6.45) is 0. The van der Waals surface area contributed by atoms with Gasteiger partial charge < -0.3 is 18.0 Å². The van der Waals surface area contributed by atoms with Crippen molar-refractivity contribution in [3.63, 3.8) is 0 Å². The van der Waals surface area contributed by atoms with Crippen molar-refractivity contribution < 1.29 is 8.83 Å². The average Bonchev–Trinajstić information content (AvgIpc) is 2.84. The van der Waals surface area contributed by atoms with Crippen LogP contribution in [-0.4, -0.2) is 18.5 Å². The van der Waals surface area contributed by atoms with Gasteiger partial charge in [0.05, 0.1) is 22.1 Å². The first-order chi connectivity index (χ1) is 41.1. The molecule has 0 saturated carbocycles. The summed E-state index contributed by atoms with van der Waals surface area (Å²) in [4.78, 5) is 4.71. The van der Waals surface area contributed by atoms with E-state index in [-0.39, 0.29) is 0 Å². The summed E-state index contributed by atoms with van der Waals surface area (Å²) in [5.74, 6) is 0.997. The highest BCUT2D eigenvalue weighted by atomic mass is 16.3. The van der Waals surface area contributed by atoms with Crippen LogP contribution in [0.25, 0.3) is 105 Å². The monoisotopic (exact) mass is 1110 g/mol. The first kappa shape index (κ1) is 56.9. The summed E-state index contributed by atoms with van der Waals surface area (Å²) in [5, 5.41) is 7.57. The summed E-state index contributed by atoms with van der Waals surface area (Å²) < 4.78 is 18.2. The molecular formula is C79H74N4O2. The molecule has 0 aliphatic rings. The van der Waals surface area contributed by atoms with Gasteiger partial charge in [-0.3, -0.25) is 4.40 Å². The Morgan fingerprint density at radius 3 is 1.35 bits per heavy atom. The molecule has 422 valence electrons. The molecule has 85 heavy (non-hydrogen) atoms. The molecule has 0 fully saturated rings. The smallest absolute Gasteiger partial charge is 0.215 e. The topological polar surface area (TPSA) is 53.4 Å². The number of rotatable bonds is 1. The number of nitrogens with zero attached hydrogens (tertiary/aromatic N) is 4. The Balaban J connectivity index is 0.000000107. The zero-order valence-corrected chi connectivity index (χ0v) is 51.0. The predicted octanol–water partition coefficient (Wildman–Crippen LogP) is 21.6. The highest BCUT2D eigenvalue weighted by Crippen LogP contribution is 2.33. The van der Waals surface area contributed by atoms with E-state index in [1.807, 2.05) is 30.3 Å². The van der Waals surface area contributed by atoms with Crippen LogP contribution in [0, 0.1) is 69.2 Å². The Morgan fingerprint density at radius 1 is 0.282 bits per heavy atom. The molecule has 16 aromatic rings. The standard InChI is InChI=1S/C15H13N3.C14H13N.2C14H12O.C14H14.C8H10/c1-10-7-8-13-14(9-10)18-12-6-4-3-5-11(12)16-15(18)17(13)2;1-10-7-8-14-12(9-10)11-5-3-4-6-13(11)15(14)2;1-9-3-5-13-11(7-9)12-8-10(2)4-6-14(12)15-13;1-9-6-7-13-12(8-9)11-5-3-4-10(2)14(11)15-13;1-11-8-12(2)10-14(9-11)13-6-4-3-5-7-13;1-7-4-3-5-8(2)6-7/h3-9H,1-2H3;3-9H,1-2H3;2*3-8H,1-2H3;3-10H,1-2H3;3-6H,1-2H3. The van der Waals surface area contributed by atoms with Crippen LogP contribution in [0.2, 0.25) is 0 Å². The molecule has 6 nitrogen and oxygen atoms in total. The van der Waals surface area contributed by atoms with Gasteiger partial charge in [-0.05, 0) is 170 Å². The molecule has 0 aliphatic heterocycles. The summed E-state index contributed by atoms with van der Waals surface area (Å²) in [6.45, 7) is 21.1. The van der Waals surface area contributed by atoms with Gasteiger partial charge in [0.15, 0.2) is 0 Å². The third-order valence-electron chi connectivity index (χ3n) is 15.8. The van der Waals surface area contributed by atoms with Gasteiger partial charge in [0.25, 0.3) is 0 Å². The fourth-order valence-corrected chi connectivity index (χ4v) is 11.6. The second kappa shape index (κ2) is 24.5. The molecule has 0 unspecified atom stereocenters. The molecule has 5 heterocycles. The van der Waals surface area contributed by atoms with Gasteiger partial charge in [-0.25, -0.2) is 4.98 Å². The lowest BCUT2D eigenvalue weighted by atomic mass is 10.0. The van der Waals surface area contributed by atoms with E-state index >= 15 is 0 Å². The number of aromatic nitrogens is 4. The quantitative estimate of drug-likeness (QED) is 0.165. The molecule has 6 heteroatoms. The first-order valence-electron chi connectivity index (χ1n) is 29.3. The van der Waals surface area contributed by atoms with Crippen LogP contribution in [0.4, 0.5) is 0 Å². The van der Waals surface area contributed by atoms with E-state index in [9.17, 15) is 0 Å². The zero-order chi connectivity index (χ0) is 59.5. The SMILES string of the molecule is Cc1cc(C)cc(-c2ccccc2)c1.Cc1ccc2c(c1)c1ccccc1n2C.Cc1ccc2c(c1)n1c3ccccc3nc1n2C.Cc1ccc2oc3c(C)cccc3c2c1.Cc1ccc2oc3ccc(C)cc3c2c1.Cc1cccc(C)c1. The summed E-state index contributed by atoms with van der Waals surface area (Å²) >= 11 is 0. The fraction of sp³-hybridized carbons (Fsp3) is 0.152. The molecule has 16 rings (SSSR count). The largest absolute Gasteiger partial charge is 0.456 e. The average molecular weight is 1110 g/mol. The summed E-state index contributed by atoms with van der Waals surface area (Å²) in [5.41, 5.74) is 26.7. The van der Waals surface area contributed by atoms with E-state index in [4.69, 9.17) is 13.8 Å². The van der Waals surface area contributed by atoms with Crippen molar-refractivity contribution >= 4 is 93.5 Å². The molecule has 0 saturated heterocycles. The molecule has 0 N–H and O–H groups in total. The Labute approximate surface area is 498 Å². The number of para-hydroxylation sites is 4. The minimum atomic E-state index is 0.973. The zero-order valence-electron chi connectivity index (χ0n) is 51.0. The minimum Gasteiger partial charge on any atom is -0.456 e. The van der Waals surface area contributed by atoms with Crippen molar-refractivity contribution in [2.45, 2.75) is 69.2 Å². The number of hydrogen-bond acceptors (Lipinski definition) is 3. The molecule has 5 aromatic heterocycles. The number of hydrogen-bond donors (Lipinski definition) is 0. The van der Waals surface area contributed by atoms with Gasteiger partial charge in [0.2, 0.25) is 5.78 Å². The van der Waals surface area contributed by atoms with Gasteiger partial charge in [-0.2, -0.15) is 0 Å². The Hall–Kier alpha value is -9.91. The van der Waals surface area contributed by atoms with Crippen molar-refractivity contribution in [3.05, 3.63) is 286 Å². The van der Waals surface area contributed by atoms with Crippen LogP contribution in [0.15, 0.2) is 239 Å². The first-order valence-corrected chi connectivity index (χ1v) is 29.3.